The van der Waals surface area contributed by atoms with Crippen molar-refractivity contribution in [3.05, 3.63) is 106 Å². The third kappa shape index (κ3) is 5.56. The van der Waals surface area contributed by atoms with Gasteiger partial charge in [0, 0.05) is 40.3 Å². The van der Waals surface area contributed by atoms with Crippen molar-refractivity contribution in [2.45, 2.75) is 29.3 Å². The van der Waals surface area contributed by atoms with E-state index in [0.717, 1.165) is 34.1 Å². The largest absolute Gasteiger partial charge is 0.870 e. The van der Waals surface area contributed by atoms with E-state index in [4.69, 9.17) is 18.9 Å². The minimum Gasteiger partial charge on any atom is -0.870 e. The van der Waals surface area contributed by atoms with Crippen LogP contribution in [0.5, 0.6) is 11.5 Å². The molecule has 4 aromatic rings. The number of benzene rings is 3. The van der Waals surface area contributed by atoms with E-state index >= 15 is 8.78 Å². The summed E-state index contributed by atoms with van der Waals surface area (Å²) in [7, 11) is 1.11. The van der Waals surface area contributed by atoms with Crippen molar-refractivity contribution in [1.29, 1.82) is 0 Å². The number of morpholine rings is 1. The number of esters is 1. The number of ether oxygens (including phenoxy) is 4. The van der Waals surface area contributed by atoms with Crippen LogP contribution in [0, 0.1) is 11.6 Å². The fraction of sp³-hybridized carbons (Fsp3) is 0.235. The maximum Gasteiger partial charge on any atom is 0.515 e. The number of aromatic nitrogens is 1. The van der Waals surface area contributed by atoms with E-state index < -0.39 is 58.8 Å². The molecule has 3 aliphatic rings. The summed E-state index contributed by atoms with van der Waals surface area (Å²) in [6.45, 7) is 0.362. The molecule has 1 fully saturated rings. The summed E-state index contributed by atoms with van der Waals surface area (Å²) >= 11 is 1.36. The van der Waals surface area contributed by atoms with Gasteiger partial charge in [0.05, 0.1) is 25.9 Å². The Labute approximate surface area is 276 Å². The Bertz CT molecular complexity index is 2080. The fourth-order valence-electron chi connectivity index (χ4n) is 5.99. The summed E-state index contributed by atoms with van der Waals surface area (Å²) in [6.07, 6.45) is -3.61. The number of hydrogen-bond acceptors (Lipinski definition) is 11. The van der Waals surface area contributed by atoms with Gasteiger partial charge in [-0.15, -0.1) is 11.8 Å². The second-order valence-corrected chi connectivity index (χ2v) is 12.1. The first-order valence-corrected chi connectivity index (χ1v) is 15.9. The maximum absolute atomic E-state index is 15.3. The highest BCUT2D eigenvalue weighted by molar-refractivity contribution is 7.98. The quantitative estimate of drug-likeness (QED) is 0.230. The van der Waals surface area contributed by atoms with Crippen molar-refractivity contribution in [2.24, 2.45) is 5.11 Å². The number of rotatable bonds is 5. The van der Waals surface area contributed by atoms with Gasteiger partial charge < -0.3 is 34.1 Å². The lowest BCUT2D eigenvalue weighted by molar-refractivity contribution is -0.569. The molecule has 14 heteroatoms. The Hall–Kier alpha value is -5.21. The molecule has 0 saturated carbocycles. The Balaban J connectivity index is 1.39. The van der Waals surface area contributed by atoms with Gasteiger partial charge in [0.15, 0.2) is 11.6 Å². The van der Waals surface area contributed by atoms with Gasteiger partial charge in [0.1, 0.15) is 0 Å². The summed E-state index contributed by atoms with van der Waals surface area (Å²) < 4.78 is 52.7. The minimum absolute atomic E-state index is 0.00875. The zero-order chi connectivity index (χ0) is 33.5. The van der Waals surface area contributed by atoms with Crippen molar-refractivity contribution >= 4 is 29.8 Å². The number of carbonyl (C=O) groups excluding carboxylic acids is 2. The van der Waals surface area contributed by atoms with Crippen molar-refractivity contribution < 1.29 is 51.9 Å². The van der Waals surface area contributed by atoms with Crippen LogP contribution >= 0.6 is 11.8 Å². The minimum atomic E-state index is -1.54. The van der Waals surface area contributed by atoms with Crippen LogP contribution in [0.3, 0.4) is 0 Å². The second kappa shape index (κ2) is 12.8. The molecule has 11 nitrogen and oxygen atoms in total. The fourth-order valence-corrected chi connectivity index (χ4v) is 7.10. The highest BCUT2D eigenvalue weighted by Crippen LogP contribution is 2.40. The zero-order valence-electron chi connectivity index (χ0n) is 25.3. The lowest BCUT2D eigenvalue weighted by Gasteiger charge is -2.37. The lowest BCUT2D eigenvalue weighted by Crippen LogP contribution is -2.59. The molecular weight excluding hydrogens is 648 g/mol. The molecule has 246 valence electrons. The molecule has 0 aliphatic carbocycles. The summed E-state index contributed by atoms with van der Waals surface area (Å²) in [5.74, 6) is -5.28. The van der Waals surface area contributed by atoms with Gasteiger partial charge >= 0.3 is 12.1 Å². The number of methoxy groups -OCH3 is 1. The van der Waals surface area contributed by atoms with Gasteiger partial charge in [-0.2, -0.15) is 0 Å². The summed E-state index contributed by atoms with van der Waals surface area (Å²) in [5.41, 5.74) is 1.82. The van der Waals surface area contributed by atoms with E-state index in [1.165, 1.54) is 28.8 Å². The van der Waals surface area contributed by atoms with E-state index in [1.54, 1.807) is 18.2 Å². The molecule has 0 spiro atoms. The number of pyridine rings is 1. The lowest BCUT2D eigenvalue weighted by atomic mass is 9.92. The topological polar surface area (TPSA) is 139 Å². The third-order valence-corrected chi connectivity index (χ3v) is 9.44. The Morgan fingerprint density at radius 3 is 2.65 bits per heavy atom. The average molecular weight is 675 g/mol. The number of thioether (sulfide) groups is 1. The molecule has 1 saturated heterocycles. The Morgan fingerprint density at radius 2 is 1.85 bits per heavy atom. The van der Waals surface area contributed by atoms with E-state index in [0.29, 0.717) is 5.56 Å². The summed E-state index contributed by atoms with van der Waals surface area (Å²) in [5, 5.41) is 32.1. The van der Waals surface area contributed by atoms with Crippen LogP contribution in [0.25, 0.3) is 17.1 Å². The van der Waals surface area contributed by atoms with E-state index in [2.05, 4.69) is 5.11 Å². The van der Waals surface area contributed by atoms with Gasteiger partial charge in [0.25, 0.3) is 5.35 Å². The van der Waals surface area contributed by atoms with Gasteiger partial charge in [-0.1, -0.05) is 54.3 Å². The summed E-state index contributed by atoms with van der Waals surface area (Å²) in [4.78, 5) is 27.9. The van der Waals surface area contributed by atoms with Crippen LogP contribution < -0.4 is 24.7 Å². The van der Waals surface area contributed by atoms with Crippen LogP contribution in [-0.4, -0.2) is 50.1 Å². The summed E-state index contributed by atoms with van der Waals surface area (Å²) in [6, 6.07) is 17.5. The van der Waals surface area contributed by atoms with Gasteiger partial charge in [-0.05, 0) is 39.2 Å². The number of halogens is 2. The predicted octanol–water partition coefficient (Wildman–Crippen LogP) is 2.75. The van der Waals surface area contributed by atoms with E-state index in [-0.39, 0.29) is 54.3 Å². The maximum atomic E-state index is 15.3. The first-order valence-electron chi connectivity index (χ1n) is 14.9. The molecule has 0 N–H and O–H groups in total. The van der Waals surface area contributed by atoms with Crippen molar-refractivity contribution in [2.75, 3.05) is 26.9 Å². The molecule has 3 aromatic carbocycles. The number of carbonyl (C=O) groups is 2. The molecule has 0 amide bonds. The monoisotopic (exact) mass is 674 g/mol. The standard InChI is InChI=1S/C34H26F2N3O8S/c1-44-33(42)30(18-7-3-2-4-8-18)46-34(43)47-31-25(40)15-24(39-29(31)32(41)38-11-12-45-16-27(38)37-39)21-14-23(35)28(36)22-17-48-26-10-6-5-9-19(26)13-20(21)22/h2-10,14-15,27,30H,11-13,16-17H2,1H3/q-1/t27?,30-/m1/s1. The molecule has 2 atom stereocenters. The molecule has 1 unspecified atom stereocenters. The number of fused-ring (bicyclic) bond motifs is 4. The van der Waals surface area contributed by atoms with Crippen LogP contribution in [0.15, 0.2) is 76.7 Å². The second-order valence-electron chi connectivity index (χ2n) is 11.1. The normalized spacial score (nSPS) is 17.0. The van der Waals surface area contributed by atoms with Crippen LogP contribution in [-0.2, 0) is 31.2 Å². The molecule has 7 rings (SSSR count). The SMILES string of the molecule is COC(=O)[C@H](OC(=O)Oc1c([O-])cc(-c2cc(F)c(F)c3c2Cc2ccccc2SC3)[n+]2c1=C([O-])N1CCOCC1N=2)c1ccccc1. The molecule has 48 heavy (non-hydrogen) atoms. The number of hydrogen-bond donors (Lipinski definition) is 0. The van der Waals surface area contributed by atoms with E-state index in [9.17, 15) is 19.8 Å². The van der Waals surface area contributed by atoms with Crippen LogP contribution in [0.4, 0.5) is 13.6 Å². The Kier molecular flexibility index (Phi) is 8.35. The molecule has 3 aliphatic heterocycles. The molecule has 1 aromatic heterocycles. The zero-order valence-corrected chi connectivity index (χ0v) is 26.1. The Morgan fingerprint density at radius 1 is 1.08 bits per heavy atom. The highest BCUT2D eigenvalue weighted by Gasteiger charge is 2.36. The smallest absolute Gasteiger partial charge is 0.515 e. The first kappa shape index (κ1) is 31.4. The molecule has 4 heterocycles. The molecule has 0 radical (unpaired) electrons. The van der Waals surface area contributed by atoms with Gasteiger partial charge in [-0.25, -0.2) is 18.4 Å². The van der Waals surface area contributed by atoms with Gasteiger partial charge in [-0.3, -0.25) is 0 Å². The average Bonchev–Trinajstić information content (AvgIpc) is 3.30. The highest BCUT2D eigenvalue weighted by atomic mass is 32.2. The van der Waals surface area contributed by atoms with Crippen LogP contribution in [0.2, 0.25) is 0 Å². The molecule has 0 bridgehead atoms. The van der Waals surface area contributed by atoms with Crippen molar-refractivity contribution in [3.8, 4) is 22.8 Å². The van der Waals surface area contributed by atoms with E-state index in [1.807, 2.05) is 24.3 Å². The van der Waals surface area contributed by atoms with Gasteiger partial charge in [0.2, 0.25) is 23.7 Å². The van der Waals surface area contributed by atoms with Crippen molar-refractivity contribution in [1.82, 2.24) is 4.90 Å². The first-order chi connectivity index (χ1) is 23.2. The van der Waals surface area contributed by atoms with Crippen molar-refractivity contribution in [3.63, 3.8) is 0 Å². The predicted molar refractivity (Wildman–Crippen MR) is 161 cm³/mol. The third-order valence-electron chi connectivity index (χ3n) is 8.30. The number of nitrogens with zero attached hydrogens (tertiary/aromatic N) is 3. The molecular formula is C34H26F2N3O8S-. The van der Waals surface area contributed by atoms with Crippen LogP contribution in [0.1, 0.15) is 28.4 Å².